The molecule has 1 amide bonds. The summed E-state index contributed by atoms with van der Waals surface area (Å²) in [6.07, 6.45) is 5.96. The monoisotopic (exact) mass is 257 g/mol. The normalized spacial score (nSPS) is 13.9. The summed E-state index contributed by atoms with van der Waals surface area (Å²) >= 11 is 0. The molecule has 0 fully saturated rings. The van der Waals surface area contributed by atoms with Gasteiger partial charge in [-0.1, -0.05) is 0 Å². The number of nitrogens with one attached hydrogen (secondary N) is 2. The van der Waals surface area contributed by atoms with Crippen molar-refractivity contribution in [1.29, 1.82) is 0 Å². The van der Waals surface area contributed by atoms with E-state index in [9.17, 15) is 4.79 Å². The summed E-state index contributed by atoms with van der Waals surface area (Å²) in [6.45, 7) is 1.66. The zero-order chi connectivity index (χ0) is 13.2. The molecule has 2 aromatic rings. The van der Waals surface area contributed by atoms with E-state index in [0.717, 1.165) is 30.6 Å². The fourth-order valence-corrected chi connectivity index (χ4v) is 2.29. The molecule has 0 aromatic carbocycles. The van der Waals surface area contributed by atoms with E-state index in [0.29, 0.717) is 11.4 Å². The van der Waals surface area contributed by atoms with Crippen LogP contribution in [0, 0.1) is 0 Å². The van der Waals surface area contributed by atoms with Gasteiger partial charge in [0.15, 0.2) is 0 Å². The van der Waals surface area contributed by atoms with Crippen LogP contribution in [0.2, 0.25) is 0 Å². The summed E-state index contributed by atoms with van der Waals surface area (Å²) < 4.78 is 1.63. The van der Waals surface area contributed by atoms with Crippen LogP contribution >= 0.6 is 0 Å². The van der Waals surface area contributed by atoms with Gasteiger partial charge in [-0.05, 0) is 24.1 Å². The highest BCUT2D eigenvalue weighted by Gasteiger charge is 2.18. The summed E-state index contributed by atoms with van der Waals surface area (Å²) in [4.78, 5) is 16.5. The Kier molecular flexibility index (Phi) is 3.00. The minimum atomic E-state index is -0.130. The zero-order valence-corrected chi connectivity index (χ0v) is 10.7. The van der Waals surface area contributed by atoms with Crippen molar-refractivity contribution in [2.45, 2.75) is 13.0 Å². The number of carbonyl (C=O) groups excluding carboxylic acids is 1. The Bertz CT molecular complexity index is 619. The maximum Gasteiger partial charge on any atom is 0.258 e. The van der Waals surface area contributed by atoms with Crippen molar-refractivity contribution in [2.75, 3.05) is 11.9 Å². The Balaban J connectivity index is 1.90. The quantitative estimate of drug-likeness (QED) is 0.831. The number of nitrogens with zero attached hydrogens (tertiary/aromatic N) is 3. The lowest BCUT2D eigenvalue weighted by molar-refractivity contribution is 0.102. The zero-order valence-electron chi connectivity index (χ0n) is 10.7. The van der Waals surface area contributed by atoms with Gasteiger partial charge in [-0.2, -0.15) is 5.10 Å². The van der Waals surface area contributed by atoms with Gasteiger partial charge >= 0.3 is 0 Å². The van der Waals surface area contributed by atoms with Crippen LogP contribution < -0.4 is 10.6 Å². The van der Waals surface area contributed by atoms with E-state index < -0.39 is 0 Å². The van der Waals surface area contributed by atoms with E-state index in [4.69, 9.17) is 0 Å². The van der Waals surface area contributed by atoms with E-state index in [1.807, 2.05) is 6.20 Å². The second-order valence-corrected chi connectivity index (χ2v) is 4.55. The standard InChI is InChI=1S/C13H15N5O/c1-18-12(3-5-16-18)17-13(19)11-8-15-7-9-6-14-4-2-10(9)11/h3,5,7-8,14H,2,4,6H2,1H3,(H,17,19). The number of rotatable bonds is 2. The van der Waals surface area contributed by atoms with Crippen LogP contribution in [0.15, 0.2) is 24.7 Å². The van der Waals surface area contributed by atoms with Crippen molar-refractivity contribution < 1.29 is 4.79 Å². The summed E-state index contributed by atoms with van der Waals surface area (Å²) in [5.74, 6) is 0.548. The Labute approximate surface area is 110 Å². The van der Waals surface area contributed by atoms with E-state index in [-0.39, 0.29) is 5.91 Å². The van der Waals surface area contributed by atoms with Crippen molar-refractivity contribution in [2.24, 2.45) is 7.05 Å². The molecule has 19 heavy (non-hydrogen) atoms. The van der Waals surface area contributed by atoms with Gasteiger partial charge in [-0.25, -0.2) is 0 Å². The van der Waals surface area contributed by atoms with Gasteiger partial charge in [0.05, 0.1) is 11.8 Å². The van der Waals surface area contributed by atoms with Crippen LogP contribution in [-0.4, -0.2) is 27.2 Å². The first-order valence-electron chi connectivity index (χ1n) is 6.21. The second-order valence-electron chi connectivity index (χ2n) is 4.55. The van der Waals surface area contributed by atoms with Gasteiger partial charge in [-0.3, -0.25) is 14.5 Å². The molecule has 1 aliphatic rings. The molecule has 3 heterocycles. The third-order valence-corrected chi connectivity index (χ3v) is 3.32. The van der Waals surface area contributed by atoms with Crippen LogP contribution in [-0.2, 0) is 20.0 Å². The highest BCUT2D eigenvalue weighted by Crippen LogP contribution is 2.18. The van der Waals surface area contributed by atoms with Crippen molar-refractivity contribution in [3.8, 4) is 0 Å². The second kappa shape index (κ2) is 4.81. The molecular formula is C13H15N5O. The van der Waals surface area contributed by atoms with Crippen LogP contribution in [0.5, 0.6) is 0 Å². The number of pyridine rings is 1. The molecule has 0 atom stereocenters. The number of hydrogen-bond acceptors (Lipinski definition) is 4. The minimum absolute atomic E-state index is 0.130. The van der Waals surface area contributed by atoms with Crippen molar-refractivity contribution >= 4 is 11.7 Å². The average molecular weight is 257 g/mol. The summed E-state index contributed by atoms with van der Waals surface area (Å²) in [6, 6.07) is 1.77. The predicted octanol–water partition coefficient (Wildman–Crippen LogP) is 0.713. The van der Waals surface area contributed by atoms with Crippen LogP contribution in [0.4, 0.5) is 5.82 Å². The fourth-order valence-electron chi connectivity index (χ4n) is 2.29. The molecule has 6 heteroatoms. The third-order valence-electron chi connectivity index (χ3n) is 3.32. The van der Waals surface area contributed by atoms with E-state index >= 15 is 0 Å². The van der Waals surface area contributed by atoms with E-state index in [1.165, 1.54) is 0 Å². The lowest BCUT2D eigenvalue weighted by Crippen LogP contribution is -2.27. The van der Waals surface area contributed by atoms with E-state index in [1.54, 1.807) is 30.2 Å². The number of anilines is 1. The summed E-state index contributed by atoms with van der Waals surface area (Å²) in [7, 11) is 1.79. The Hall–Kier alpha value is -2.21. The van der Waals surface area contributed by atoms with Crippen LogP contribution in [0.1, 0.15) is 21.5 Å². The molecule has 0 bridgehead atoms. The van der Waals surface area contributed by atoms with Gasteiger partial charge in [0.2, 0.25) is 0 Å². The van der Waals surface area contributed by atoms with Gasteiger partial charge in [0.25, 0.3) is 5.91 Å². The number of aromatic nitrogens is 3. The van der Waals surface area contributed by atoms with Crippen molar-refractivity contribution in [3.05, 3.63) is 41.3 Å². The largest absolute Gasteiger partial charge is 0.312 e. The van der Waals surface area contributed by atoms with E-state index in [2.05, 4.69) is 20.7 Å². The first-order valence-corrected chi connectivity index (χ1v) is 6.21. The molecule has 0 saturated heterocycles. The molecule has 0 spiro atoms. The molecule has 98 valence electrons. The highest BCUT2D eigenvalue weighted by molar-refractivity contribution is 6.04. The number of fused-ring (bicyclic) bond motifs is 1. The molecule has 2 aromatic heterocycles. The molecule has 6 nitrogen and oxygen atoms in total. The highest BCUT2D eigenvalue weighted by atomic mass is 16.1. The number of carbonyl (C=O) groups is 1. The maximum absolute atomic E-state index is 12.3. The third kappa shape index (κ3) is 2.22. The first-order chi connectivity index (χ1) is 9.25. The Morgan fingerprint density at radius 3 is 3.16 bits per heavy atom. The fraction of sp³-hybridized carbons (Fsp3) is 0.308. The Morgan fingerprint density at radius 2 is 2.37 bits per heavy atom. The molecule has 0 unspecified atom stereocenters. The molecule has 0 aliphatic carbocycles. The Morgan fingerprint density at radius 1 is 1.47 bits per heavy atom. The SMILES string of the molecule is Cn1nccc1NC(=O)c1cncc2c1CCNC2. The summed E-state index contributed by atoms with van der Waals surface area (Å²) in [5.41, 5.74) is 2.84. The lowest BCUT2D eigenvalue weighted by Gasteiger charge is -2.19. The molecule has 3 rings (SSSR count). The molecule has 0 saturated carbocycles. The number of amides is 1. The number of hydrogen-bond donors (Lipinski definition) is 2. The van der Waals surface area contributed by atoms with Crippen LogP contribution in [0.25, 0.3) is 0 Å². The van der Waals surface area contributed by atoms with Crippen molar-refractivity contribution in [1.82, 2.24) is 20.1 Å². The molecule has 2 N–H and O–H groups in total. The topological polar surface area (TPSA) is 71.8 Å². The van der Waals surface area contributed by atoms with Gasteiger partial charge in [-0.15, -0.1) is 0 Å². The molecular weight excluding hydrogens is 242 g/mol. The van der Waals surface area contributed by atoms with Gasteiger partial charge in [0.1, 0.15) is 5.82 Å². The first kappa shape index (κ1) is 11.9. The van der Waals surface area contributed by atoms with Crippen molar-refractivity contribution in [3.63, 3.8) is 0 Å². The predicted molar refractivity (Wildman–Crippen MR) is 70.8 cm³/mol. The minimum Gasteiger partial charge on any atom is -0.312 e. The average Bonchev–Trinajstić information content (AvgIpc) is 2.83. The lowest BCUT2D eigenvalue weighted by atomic mass is 9.98. The number of aryl methyl sites for hydroxylation is 1. The maximum atomic E-state index is 12.3. The molecule has 0 radical (unpaired) electrons. The smallest absolute Gasteiger partial charge is 0.258 e. The van der Waals surface area contributed by atoms with Gasteiger partial charge < -0.3 is 10.6 Å². The van der Waals surface area contributed by atoms with Crippen LogP contribution in [0.3, 0.4) is 0 Å². The molecule has 1 aliphatic heterocycles. The summed E-state index contributed by atoms with van der Waals surface area (Å²) in [5, 5.41) is 10.2. The van der Waals surface area contributed by atoms with Gasteiger partial charge in [0, 0.05) is 32.1 Å².